The maximum Gasteiger partial charge on any atom is 0.244 e. The molecule has 9 heteroatoms. The van der Waals surface area contributed by atoms with Crippen LogP contribution >= 0.6 is 0 Å². The van der Waals surface area contributed by atoms with Crippen LogP contribution in [0.2, 0.25) is 0 Å². The molecule has 0 bridgehead atoms. The molecule has 0 saturated heterocycles. The van der Waals surface area contributed by atoms with Gasteiger partial charge in [0.1, 0.15) is 18.3 Å². The lowest BCUT2D eigenvalue weighted by molar-refractivity contribution is -0.140. The number of nitrogens with zero attached hydrogens (tertiary/aromatic N) is 2. The Kier molecular flexibility index (Phi) is 9.98. The van der Waals surface area contributed by atoms with Crippen molar-refractivity contribution in [3.8, 4) is 5.75 Å². The molecule has 0 saturated carbocycles. The summed E-state index contributed by atoms with van der Waals surface area (Å²) in [6.45, 7) is 7.21. The maximum absolute atomic E-state index is 14.2. The Morgan fingerprint density at radius 2 is 1.52 bits per heavy atom. The van der Waals surface area contributed by atoms with E-state index in [0.29, 0.717) is 5.75 Å². The van der Waals surface area contributed by atoms with Gasteiger partial charge in [-0.1, -0.05) is 66.7 Å². The minimum atomic E-state index is -3.89. The van der Waals surface area contributed by atoms with Crippen LogP contribution in [0.3, 0.4) is 0 Å². The highest BCUT2D eigenvalue weighted by atomic mass is 32.2. The molecule has 0 heterocycles. The first-order chi connectivity index (χ1) is 18.8. The molecule has 0 fully saturated rings. The summed E-state index contributed by atoms with van der Waals surface area (Å²) in [6, 6.07) is 22.8. The number of carbonyl (C=O) groups is 2. The number of methoxy groups -OCH3 is 1. The molecule has 1 unspecified atom stereocenters. The lowest BCUT2D eigenvalue weighted by Gasteiger charge is -2.35. The summed E-state index contributed by atoms with van der Waals surface area (Å²) in [5.74, 6) is -0.511. The number of hydrogen-bond donors (Lipinski definition) is 1. The number of anilines is 1. The molecule has 0 aromatic heterocycles. The first kappa shape index (κ1) is 30.7. The highest BCUT2D eigenvalue weighted by Gasteiger charge is 2.35. The maximum atomic E-state index is 14.2. The zero-order valence-corrected chi connectivity index (χ0v) is 24.9. The third kappa shape index (κ3) is 8.32. The lowest BCUT2D eigenvalue weighted by atomic mass is 10.00. The smallest absolute Gasteiger partial charge is 0.244 e. The molecule has 1 N–H and O–H groups in total. The molecular formula is C31H39N3O5S. The second-order valence-corrected chi connectivity index (χ2v) is 12.7. The van der Waals surface area contributed by atoms with E-state index in [1.165, 1.54) is 12.0 Å². The van der Waals surface area contributed by atoms with Gasteiger partial charge < -0.3 is 15.0 Å². The molecule has 3 aromatic rings. The molecule has 0 spiro atoms. The van der Waals surface area contributed by atoms with Crippen LogP contribution in [0.5, 0.6) is 5.75 Å². The molecule has 40 heavy (non-hydrogen) atoms. The van der Waals surface area contributed by atoms with Gasteiger partial charge in [-0.15, -0.1) is 0 Å². The van der Waals surface area contributed by atoms with Gasteiger partial charge in [-0.3, -0.25) is 13.9 Å². The van der Waals surface area contributed by atoms with E-state index in [0.717, 1.165) is 27.3 Å². The van der Waals surface area contributed by atoms with E-state index in [9.17, 15) is 18.0 Å². The number of nitrogens with one attached hydrogen (secondary N) is 1. The van der Waals surface area contributed by atoms with Crippen molar-refractivity contribution in [1.29, 1.82) is 0 Å². The zero-order chi connectivity index (χ0) is 29.5. The van der Waals surface area contributed by atoms with Crippen molar-refractivity contribution < 1.29 is 22.7 Å². The molecule has 0 aliphatic heterocycles. The Labute approximate surface area is 238 Å². The predicted octanol–water partition coefficient (Wildman–Crippen LogP) is 4.32. The number of rotatable bonds is 11. The summed E-state index contributed by atoms with van der Waals surface area (Å²) in [5, 5.41) is 3.02. The standard InChI is InChI=1S/C31H39N3O5S/c1-23-14-10-11-17-25(23)21-33(27(30(36)32-31(2,3)4)20-24-15-8-7-9-16-24)29(35)22-34(40(6,37)38)26-18-12-13-19-28(26)39-5/h7-19,27H,20-22H2,1-6H3,(H,32,36). The summed E-state index contributed by atoms with van der Waals surface area (Å²) in [6.07, 6.45) is 1.31. The fourth-order valence-electron chi connectivity index (χ4n) is 4.41. The second kappa shape index (κ2) is 13.0. The number of carbonyl (C=O) groups excluding carboxylic acids is 2. The van der Waals surface area contributed by atoms with Crippen LogP contribution in [0.25, 0.3) is 0 Å². The fraction of sp³-hybridized carbons (Fsp3) is 0.355. The normalized spacial score (nSPS) is 12.3. The molecule has 214 valence electrons. The van der Waals surface area contributed by atoms with Gasteiger partial charge >= 0.3 is 0 Å². The molecule has 0 radical (unpaired) electrons. The Bertz CT molecular complexity index is 1420. The van der Waals surface area contributed by atoms with Crippen molar-refractivity contribution >= 4 is 27.5 Å². The van der Waals surface area contributed by atoms with E-state index >= 15 is 0 Å². The van der Waals surface area contributed by atoms with E-state index in [4.69, 9.17) is 4.74 Å². The van der Waals surface area contributed by atoms with Crippen molar-refractivity contribution in [1.82, 2.24) is 10.2 Å². The number of hydrogen-bond acceptors (Lipinski definition) is 5. The number of aryl methyl sites for hydroxylation is 1. The Morgan fingerprint density at radius 1 is 0.925 bits per heavy atom. The Hall–Kier alpha value is -3.85. The third-order valence-corrected chi connectivity index (χ3v) is 7.53. The fourth-order valence-corrected chi connectivity index (χ4v) is 5.26. The first-order valence-corrected chi connectivity index (χ1v) is 15.0. The van der Waals surface area contributed by atoms with Gasteiger partial charge in [0.25, 0.3) is 0 Å². The van der Waals surface area contributed by atoms with Gasteiger partial charge in [0.05, 0.1) is 19.1 Å². The van der Waals surface area contributed by atoms with Gasteiger partial charge in [-0.2, -0.15) is 0 Å². The van der Waals surface area contributed by atoms with Crippen LogP contribution in [0, 0.1) is 6.92 Å². The summed E-state index contributed by atoms with van der Waals surface area (Å²) >= 11 is 0. The van der Waals surface area contributed by atoms with Crippen LogP contribution in [0.1, 0.15) is 37.5 Å². The number of amides is 2. The van der Waals surface area contributed by atoms with Crippen LogP contribution in [-0.2, 0) is 32.6 Å². The number of para-hydroxylation sites is 2. The average molecular weight is 566 g/mol. The quantitative estimate of drug-likeness (QED) is 0.374. The van der Waals surface area contributed by atoms with Crippen LogP contribution in [0.4, 0.5) is 5.69 Å². The van der Waals surface area contributed by atoms with E-state index in [-0.39, 0.29) is 24.6 Å². The van der Waals surface area contributed by atoms with Gasteiger partial charge in [0, 0.05) is 18.5 Å². The summed E-state index contributed by atoms with van der Waals surface area (Å²) in [7, 11) is -2.45. The van der Waals surface area contributed by atoms with E-state index in [1.807, 2.05) is 82.3 Å². The predicted molar refractivity (Wildman–Crippen MR) is 159 cm³/mol. The topological polar surface area (TPSA) is 96.0 Å². The average Bonchev–Trinajstić information content (AvgIpc) is 2.89. The number of benzene rings is 3. The molecule has 8 nitrogen and oxygen atoms in total. The summed E-state index contributed by atoms with van der Waals surface area (Å²) < 4.78 is 32.4. The van der Waals surface area contributed by atoms with Crippen molar-refractivity contribution in [2.45, 2.75) is 52.2 Å². The second-order valence-electron chi connectivity index (χ2n) is 10.8. The monoisotopic (exact) mass is 565 g/mol. The highest BCUT2D eigenvalue weighted by Crippen LogP contribution is 2.30. The minimum absolute atomic E-state index is 0.129. The molecule has 2 amide bonds. The molecular weight excluding hydrogens is 526 g/mol. The van der Waals surface area contributed by atoms with Crippen molar-refractivity contribution in [3.63, 3.8) is 0 Å². The van der Waals surface area contributed by atoms with Gasteiger partial charge in [0.15, 0.2) is 0 Å². The van der Waals surface area contributed by atoms with E-state index in [2.05, 4.69) is 5.32 Å². The summed E-state index contributed by atoms with van der Waals surface area (Å²) in [4.78, 5) is 29.5. The van der Waals surface area contributed by atoms with E-state index in [1.54, 1.807) is 24.3 Å². The van der Waals surface area contributed by atoms with Gasteiger partial charge in [-0.25, -0.2) is 8.42 Å². The molecule has 3 aromatic carbocycles. The van der Waals surface area contributed by atoms with Crippen LogP contribution < -0.4 is 14.4 Å². The number of ether oxygens (including phenoxy) is 1. The van der Waals surface area contributed by atoms with Crippen molar-refractivity contribution in [2.24, 2.45) is 0 Å². The first-order valence-electron chi connectivity index (χ1n) is 13.1. The molecule has 1 atom stereocenters. The minimum Gasteiger partial charge on any atom is -0.495 e. The summed E-state index contributed by atoms with van der Waals surface area (Å²) in [5.41, 5.74) is 2.40. The van der Waals surface area contributed by atoms with Crippen molar-refractivity contribution in [2.75, 3.05) is 24.2 Å². The Morgan fingerprint density at radius 3 is 2.12 bits per heavy atom. The van der Waals surface area contributed by atoms with Crippen LogP contribution in [-0.4, -0.2) is 56.6 Å². The molecule has 0 aliphatic carbocycles. The zero-order valence-electron chi connectivity index (χ0n) is 24.0. The highest BCUT2D eigenvalue weighted by molar-refractivity contribution is 7.92. The molecule has 3 rings (SSSR count). The SMILES string of the molecule is COc1ccccc1N(CC(=O)N(Cc1ccccc1C)C(Cc1ccccc1)C(=O)NC(C)(C)C)S(C)(=O)=O. The molecule has 0 aliphatic rings. The van der Waals surface area contributed by atoms with Crippen LogP contribution in [0.15, 0.2) is 78.9 Å². The van der Waals surface area contributed by atoms with E-state index < -0.39 is 34.1 Å². The lowest BCUT2D eigenvalue weighted by Crippen LogP contribution is -2.56. The Balaban J connectivity index is 2.11. The van der Waals surface area contributed by atoms with Gasteiger partial charge in [-0.05, 0) is 56.5 Å². The van der Waals surface area contributed by atoms with Crippen molar-refractivity contribution in [3.05, 3.63) is 95.6 Å². The largest absolute Gasteiger partial charge is 0.495 e. The van der Waals surface area contributed by atoms with Gasteiger partial charge in [0.2, 0.25) is 21.8 Å². The third-order valence-electron chi connectivity index (χ3n) is 6.40. The number of sulfonamides is 1.